The monoisotopic (exact) mass is 351 g/mol. The number of nitrogens with two attached hydrogens (primary N) is 1. The molecule has 0 fully saturated rings. The van der Waals surface area contributed by atoms with Gasteiger partial charge in [0.25, 0.3) is 0 Å². The van der Waals surface area contributed by atoms with Gasteiger partial charge in [0, 0.05) is 12.0 Å². The predicted molar refractivity (Wildman–Crippen MR) is 111 cm³/mol. The van der Waals surface area contributed by atoms with Crippen LogP contribution in [0.5, 0.6) is 5.75 Å². The van der Waals surface area contributed by atoms with Gasteiger partial charge in [0.15, 0.2) is 5.84 Å². The maximum atomic E-state index is 5.97. The highest BCUT2D eigenvalue weighted by atomic mass is 16.5. The Balaban J connectivity index is 2.33. The largest absolute Gasteiger partial charge is 0.491 e. The molecule has 0 unspecified atom stereocenters. The molecule has 2 aromatic rings. The Kier molecular flexibility index (Phi) is 7.39. The van der Waals surface area contributed by atoms with Crippen molar-refractivity contribution < 1.29 is 4.74 Å². The summed E-state index contributed by atoms with van der Waals surface area (Å²) in [7, 11) is 0. The van der Waals surface area contributed by atoms with E-state index in [2.05, 4.69) is 36.2 Å². The third-order valence-corrected chi connectivity index (χ3v) is 3.81. The first-order valence-corrected chi connectivity index (χ1v) is 9.29. The van der Waals surface area contributed by atoms with Gasteiger partial charge < -0.3 is 10.5 Å². The molecule has 0 radical (unpaired) electrons. The van der Waals surface area contributed by atoms with E-state index in [0.717, 1.165) is 29.8 Å². The van der Waals surface area contributed by atoms with E-state index in [-0.39, 0.29) is 6.10 Å². The van der Waals surface area contributed by atoms with E-state index < -0.39 is 0 Å². The molecule has 0 aliphatic carbocycles. The van der Waals surface area contributed by atoms with Crippen molar-refractivity contribution in [1.82, 2.24) is 0 Å². The van der Waals surface area contributed by atoms with Crippen molar-refractivity contribution in [3.8, 4) is 5.75 Å². The third kappa shape index (κ3) is 6.03. The van der Waals surface area contributed by atoms with Crippen molar-refractivity contribution in [3.63, 3.8) is 0 Å². The summed E-state index contributed by atoms with van der Waals surface area (Å²) in [5.41, 5.74) is 9.07. The SMILES string of the molecule is CCCc1ccc(C(N=C(N)CC)=Nc2ccc(OC(C)C)cc2)cc1. The first kappa shape index (κ1) is 19.7. The summed E-state index contributed by atoms with van der Waals surface area (Å²) in [5, 5.41) is 0. The van der Waals surface area contributed by atoms with Crippen molar-refractivity contribution in [1.29, 1.82) is 0 Å². The van der Waals surface area contributed by atoms with Crippen molar-refractivity contribution in [3.05, 3.63) is 59.7 Å². The minimum Gasteiger partial charge on any atom is -0.491 e. The third-order valence-electron chi connectivity index (χ3n) is 3.81. The van der Waals surface area contributed by atoms with E-state index in [1.807, 2.05) is 45.0 Å². The molecule has 0 atom stereocenters. The number of hydrogen-bond donors (Lipinski definition) is 1. The van der Waals surface area contributed by atoms with Gasteiger partial charge in [0.05, 0.1) is 11.8 Å². The molecule has 2 N–H and O–H groups in total. The topological polar surface area (TPSA) is 60.0 Å². The molecule has 0 aliphatic heterocycles. The Labute approximate surface area is 156 Å². The lowest BCUT2D eigenvalue weighted by Gasteiger charge is -2.09. The molecule has 0 heterocycles. The van der Waals surface area contributed by atoms with Crippen LogP contribution in [0.2, 0.25) is 0 Å². The van der Waals surface area contributed by atoms with Gasteiger partial charge in [-0.3, -0.25) is 0 Å². The first-order valence-electron chi connectivity index (χ1n) is 9.29. The van der Waals surface area contributed by atoms with Crippen LogP contribution in [-0.4, -0.2) is 17.8 Å². The van der Waals surface area contributed by atoms with Crippen LogP contribution < -0.4 is 10.5 Å². The first-order chi connectivity index (χ1) is 12.5. The molecule has 2 aromatic carbocycles. The second kappa shape index (κ2) is 9.76. The molecule has 26 heavy (non-hydrogen) atoms. The number of rotatable bonds is 7. The zero-order valence-electron chi connectivity index (χ0n) is 16.2. The number of aliphatic imine (C=N–C) groups is 2. The molecule has 0 saturated carbocycles. The Bertz CT molecular complexity index is 744. The molecule has 0 aliphatic rings. The van der Waals surface area contributed by atoms with E-state index in [4.69, 9.17) is 15.5 Å². The summed E-state index contributed by atoms with van der Waals surface area (Å²) in [6.45, 7) is 8.18. The number of hydrogen-bond acceptors (Lipinski definition) is 2. The minimum atomic E-state index is 0.149. The maximum absolute atomic E-state index is 5.97. The molecule has 138 valence electrons. The molecule has 0 saturated heterocycles. The zero-order valence-corrected chi connectivity index (χ0v) is 16.2. The molecule has 0 aromatic heterocycles. The van der Waals surface area contributed by atoms with Crippen LogP contribution in [0.15, 0.2) is 58.5 Å². The van der Waals surface area contributed by atoms with Crippen LogP contribution in [0.4, 0.5) is 5.69 Å². The summed E-state index contributed by atoms with van der Waals surface area (Å²) in [4.78, 5) is 9.23. The number of benzene rings is 2. The fourth-order valence-electron chi connectivity index (χ4n) is 2.47. The normalized spacial score (nSPS) is 12.5. The average Bonchev–Trinajstić information content (AvgIpc) is 2.63. The number of aryl methyl sites for hydroxylation is 1. The van der Waals surface area contributed by atoms with Crippen molar-refractivity contribution in [2.75, 3.05) is 0 Å². The Hall–Kier alpha value is -2.62. The van der Waals surface area contributed by atoms with Gasteiger partial charge in [0.2, 0.25) is 0 Å². The average molecular weight is 351 g/mol. The summed E-state index contributed by atoms with van der Waals surface area (Å²) in [5.74, 6) is 2.03. The molecular weight excluding hydrogens is 322 g/mol. The zero-order chi connectivity index (χ0) is 18.9. The highest BCUT2D eigenvalue weighted by Gasteiger charge is 2.05. The molecule has 4 nitrogen and oxygen atoms in total. The van der Waals surface area contributed by atoms with Crippen molar-refractivity contribution in [2.45, 2.75) is 53.1 Å². The Morgan fingerprint density at radius 2 is 1.65 bits per heavy atom. The van der Waals surface area contributed by atoms with E-state index in [1.54, 1.807) is 0 Å². The van der Waals surface area contributed by atoms with Gasteiger partial charge in [-0.15, -0.1) is 0 Å². The smallest absolute Gasteiger partial charge is 0.161 e. The number of amidine groups is 2. The Morgan fingerprint density at radius 1 is 1.00 bits per heavy atom. The summed E-state index contributed by atoms with van der Waals surface area (Å²) in [6.07, 6.45) is 3.04. The lowest BCUT2D eigenvalue weighted by molar-refractivity contribution is 0.242. The van der Waals surface area contributed by atoms with Crippen molar-refractivity contribution in [2.24, 2.45) is 15.7 Å². The standard InChI is InChI=1S/C22H29N3O/c1-5-7-17-8-10-18(11-9-17)22(25-21(23)6-2)24-19-12-14-20(15-13-19)26-16(3)4/h8-16H,5-7H2,1-4H3,(H2,23,24,25). The van der Waals surface area contributed by atoms with Gasteiger partial charge in [-0.2, -0.15) is 0 Å². The predicted octanol–water partition coefficient (Wildman–Crippen LogP) is 5.27. The quantitative estimate of drug-likeness (QED) is 0.545. The van der Waals surface area contributed by atoms with Crippen LogP contribution in [0.3, 0.4) is 0 Å². The van der Waals surface area contributed by atoms with E-state index >= 15 is 0 Å². The van der Waals surface area contributed by atoms with Gasteiger partial charge in [-0.25, -0.2) is 9.98 Å². The van der Waals surface area contributed by atoms with E-state index in [9.17, 15) is 0 Å². The molecule has 4 heteroatoms. The van der Waals surface area contributed by atoms with Gasteiger partial charge >= 0.3 is 0 Å². The maximum Gasteiger partial charge on any atom is 0.161 e. The van der Waals surface area contributed by atoms with Gasteiger partial charge in [0.1, 0.15) is 11.6 Å². The lowest BCUT2D eigenvalue weighted by Crippen LogP contribution is -2.13. The summed E-state index contributed by atoms with van der Waals surface area (Å²) < 4.78 is 5.68. The van der Waals surface area contributed by atoms with Crippen LogP contribution in [0.1, 0.15) is 51.7 Å². The number of nitrogens with zero attached hydrogens (tertiary/aromatic N) is 2. The van der Waals surface area contributed by atoms with Gasteiger partial charge in [-0.05, 0) is 50.1 Å². The minimum absolute atomic E-state index is 0.149. The van der Waals surface area contributed by atoms with E-state index in [1.165, 1.54) is 5.56 Å². The second-order valence-corrected chi connectivity index (χ2v) is 6.50. The highest BCUT2D eigenvalue weighted by Crippen LogP contribution is 2.21. The van der Waals surface area contributed by atoms with Crippen molar-refractivity contribution >= 4 is 17.4 Å². The molecule has 0 amide bonds. The van der Waals surface area contributed by atoms with Crippen LogP contribution in [0.25, 0.3) is 0 Å². The molecule has 0 spiro atoms. The fourth-order valence-corrected chi connectivity index (χ4v) is 2.47. The van der Waals surface area contributed by atoms with Crippen LogP contribution in [-0.2, 0) is 6.42 Å². The molecular formula is C22H29N3O. The summed E-state index contributed by atoms with van der Waals surface area (Å²) >= 11 is 0. The van der Waals surface area contributed by atoms with Crippen LogP contribution in [0, 0.1) is 0 Å². The fraction of sp³-hybridized carbons (Fsp3) is 0.364. The second-order valence-electron chi connectivity index (χ2n) is 6.50. The molecule has 2 rings (SSSR count). The number of ether oxygens (including phenoxy) is 1. The van der Waals surface area contributed by atoms with Crippen LogP contribution >= 0.6 is 0 Å². The molecule has 0 bridgehead atoms. The highest BCUT2D eigenvalue weighted by molar-refractivity contribution is 6.07. The summed E-state index contributed by atoms with van der Waals surface area (Å²) in [6, 6.07) is 16.1. The van der Waals surface area contributed by atoms with Gasteiger partial charge in [-0.1, -0.05) is 44.5 Å². The lowest BCUT2D eigenvalue weighted by atomic mass is 10.1. The van der Waals surface area contributed by atoms with E-state index in [0.29, 0.717) is 18.1 Å². The Morgan fingerprint density at radius 3 is 2.19 bits per heavy atom.